The van der Waals surface area contributed by atoms with E-state index in [0.29, 0.717) is 31.0 Å². The third-order valence-electron chi connectivity index (χ3n) is 8.38. The van der Waals surface area contributed by atoms with E-state index < -0.39 is 0 Å². The predicted octanol–water partition coefficient (Wildman–Crippen LogP) is -4.91. The number of aromatic nitrogens is 4. The molecule has 2 fully saturated rings. The van der Waals surface area contributed by atoms with E-state index in [4.69, 9.17) is 48.2 Å². The van der Waals surface area contributed by atoms with Gasteiger partial charge in [0.25, 0.3) is 17.6 Å². The maximum atomic E-state index is 12.4. The number of carbonyl (C=O) groups is 2. The minimum atomic E-state index is -0.386. The third kappa shape index (κ3) is 21.3. The van der Waals surface area contributed by atoms with Crippen molar-refractivity contribution in [2.45, 2.75) is 83.5 Å². The second-order valence-corrected chi connectivity index (χ2v) is 12.5. The van der Waals surface area contributed by atoms with Crippen LogP contribution in [0.5, 0.6) is 0 Å². The summed E-state index contributed by atoms with van der Waals surface area (Å²) in [6.45, 7) is 5.17. The molecule has 2 atom stereocenters. The van der Waals surface area contributed by atoms with Crippen LogP contribution < -0.4 is 130 Å². The molecule has 2 unspecified atom stereocenters. The topological polar surface area (TPSA) is 216 Å². The Labute approximate surface area is 407 Å². The van der Waals surface area contributed by atoms with Crippen LogP contribution in [-0.4, -0.2) is 124 Å². The molecule has 4 rings (SSSR count). The number of piperidine rings is 2. The number of hydrogen-bond acceptors (Lipinski definition) is 15. The molecule has 4 N–H and O–H groups in total. The predicted molar refractivity (Wildman–Crippen MR) is 194 cm³/mol. The standard InChI is InChI=1S/C16H25ClN4O3.C14H23ClN4O2.CH2O3.CH4O.2K.H/c1-12(22)24-10-9-21-14(17)11-19-15(16(21)23)18-7-6-13-5-3-4-8-20(13)2;1-18-7-3-2-4-11(18)5-6-16-13-14(21)19(8-9-20)12(15)10-17-13;2-1-4-3;1-2;;;/h11,13H,3-10H2,1-2H3,(H,18,19);10-11,20H,2-9H2,1H3,(H,16,17);1,3H;2H,1H3;;;/q;;;;2*+1;-1/p-1. The zero-order valence-corrected chi connectivity index (χ0v) is 39.6. The summed E-state index contributed by atoms with van der Waals surface area (Å²) in [5, 5.41) is 31.1. The number of esters is 1. The van der Waals surface area contributed by atoms with E-state index in [2.05, 4.69) is 49.4 Å². The fourth-order valence-corrected chi connectivity index (χ4v) is 6.13. The second kappa shape index (κ2) is 33.0. The molecule has 2 aromatic rings. The number of aliphatic hydroxyl groups is 2. The monoisotopic (exact) mass is 842 g/mol. The molecule has 0 aliphatic carbocycles. The fraction of sp³-hybridized carbons (Fsp3) is 0.688. The van der Waals surface area contributed by atoms with E-state index in [9.17, 15) is 14.4 Å². The van der Waals surface area contributed by atoms with Crippen LogP contribution in [0.2, 0.25) is 10.3 Å². The summed E-state index contributed by atoms with van der Waals surface area (Å²) in [5.74, 6) is 0.190. The Morgan fingerprint density at radius 3 is 1.68 bits per heavy atom. The molecular formula is C32H54Cl2K2N8O9. The number of aliphatic hydroxyl groups excluding tert-OH is 2. The number of likely N-dealkylation sites (tertiary alicyclic amines) is 2. The summed E-state index contributed by atoms with van der Waals surface area (Å²) in [6, 6.07) is 1.11. The molecule has 53 heavy (non-hydrogen) atoms. The number of hydrogen-bond donors (Lipinski definition) is 4. The van der Waals surface area contributed by atoms with Gasteiger partial charge >= 0.3 is 109 Å². The molecule has 0 bridgehead atoms. The average molecular weight is 844 g/mol. The first-order chi connectivity index (χ1) is 24.5. The maximum absolute atomic E-state index is 12.4. The van der Waals surface area contributed by atoms with Crippen molar-refractivity contribution >= 4 is 47.3 Å². The van der Waals surface area contributed by atoms with Crippen molar-refractivity contribution in [2.24, 2.45) is 0 Å². The van der Waals surface area contributed by atoms with Gasteiger partial charge in [0, 0.05) is 39.2 Å². The van der Waals surface area contributed by atoms with Gasteiger partial charge in [-0.15, -0.1) is 0 Å². The van der Waals surface area contributed by atoms with Crippen molar-refractivity contribution in [1.82, 2.24) is 28.9 Å². The minimum absolute atomic E-state index is 0. The van der Waals surface area contributed by atoms with Gasteiger partial charge in [-0.3, -0.25) is 28.3 Å². The molecule has 2 aromatic heterocycles. The molecule has 21 heteroatoms. The molecule has 0 aromatic carbocycles. The summed E-state index contributed by atoms with van der Waals surface area (Å²) < 4.78 is 7.54. The smallest absolute Gasteiger partial charge is 1.00 e. The molecule has 2 aliphatic heterocycles. The van der Waals surface area contributed by atoms with Crippen LogP contribution in [-0.2, 0) is 32.3 Å². The third-order valence-corrected chi connectivity index (χ3v) is 8.98. The van der Waals surface area contributed by atoms with Gasteiger partial charge < -0.3 is 47.0 Å². The molecule has 0 saturated carbocycles. The first kappa shape index (κ1) is 55.1. The van der Waals surface area contributed by atoms with Gasteiger partial charge in [0.05, 0.1) is 32.1 Å². The number of anilines is 2. The Morgan fingerprint density at radius 2 is 1.32 bits per heavy atom. The molecule has 0 radical (unpaired) electrons. The number of halogens is 2. The summed E-state index contributed by atoms with van der Waals surface area (Å²) in [5.41, 5.74) is -0.583. The number of nitrogens with one attached hydrogen (secondary N) is 2. The molecule has 17 nitrogen and oxygen atoms in total. The molecule has 292 valence electrons. The van der Waals surface area contributed by atoms with Crippen molar-refractivity contribution in [3.63, 3.8) is 0 Å². The van der Waals surface area contributed by atoms with Crippen LogP contribution in [0.25, 0.3) is 0 Å². The summed E-state index contributed by atoms with van der Waals surface area (Å²) >= 11 is 11.9. The molecular weight excluding hydrogens is 790 g/mol. The summed E-state index contributed by atoms with van der Waals surface area (Å²) in [4.78, 5) is 59.5. The Kier molecular flexibility index (Phi) is 34.3. The van der Waals surface area contributed by atoms with Crippen molar-refractivity contribution in [1.29, 1.82) is 0 Å². The zero-order chi connectivity index (χ0) is 38.2. The Morgan fingerprint density at radius 1 is 0.906 bits per heavy atom. The van der Waals surface area contributed by atoms with Crippen LogP contribution in [0, 0.1) is 0 Å². The van der Waals surface area contributed by atoms with Crippen LogP contribution >= 0.6 is 23.2 Å². The van der Waals surface area contributed by atoms with E-state index in [1.165, 1.54) is 67.0 Å². The maximum Gasteiger partial charge on any atom is 1.00 e. The van der Waals surface area contributed by atoms with E-state index in [1.54, 1.807) is 0 Å². The molecule has 2 aliphatic rings. The van der Waals surface area contributed by atoms with Gasteiger partial charge in [-0.25, -0.2) is 9.97 Å². The summed E-state index contributed by atoms with van der Waals surface area (Å²) in [6.07, 6.45) is 12.3. The van der Waals surface area contributed by atoms with Gasteiger partial charge in [-0.2, -0.15) is 0 Å². The number of rotatable bonds is 14. The van der Waals surface area contributed by atoms with Crippen LogP contribution in [0.4, 0.5) is 11.6 Å². The van der Waals surface area contributed by atoms with Crippen LogP contribution in [0.1, 0.15) is 59.7 Å². The second-order valence-electron chi connectivity index (χ2n) is 11.7. The minimum Gasteiger partial charge on any atom is -1.00 e. The van der Waals surface area contributed by atoms with Gasteiger partial charge in [-0.1, -0.05) is 36.0 Å². The Balaban J connectivity index is -0.000000805. The molecule has 2 saturated heterocycles. The zero-order valence-electron chi connectivity index (χ0n) is 32.9. The van der Waals surface area contributed by atoms with Crippen LogP contribution in [0.3, 0.4) is 0 Å². The first-order valence-corrected chi connectivity index (χ1v) is 17.6. The van der Waals surface area contributed by atoms with Gasteiger partial charge in [0.2, 0.25) is 0 Å². The van der Waals surface area contributed by atoms with Crippen molar-refractivity contribution in [3.05, 3.63) is 43.4 Å². The average Bonchev–Trinajstić information content (AvgIpc) is 3.12. The molecule has 4 heterocycles. The number of carbonyl (C=O) groups excluding carboxylic acids is 2. The summed E-state index contributed by atoms with van der Waals surface area (Å²) in [7, 11) is 5.30. The van der Waals surface area contributed by atoms with Crippen molar-refractivity contribution < 1.29 is 139 Å². The van der Waals surface area contributed by atoms with E-state index in [1.807, 2.05) is 0 Å². The van der Waals surface area contributed by atoms with Crippen molar-refractivity contribution in [3.8, 4) is 0 Å². The van der Waals surface area contributed by atoms with E-state index in [0.717, 1.165) is 33.0 Å². The van der Waals surface area contributed by atoms with E-state index >= 15 is 0 Å². The largest absolute Gasteiger partial charge is 1.00 e. The van der Waals surface area contributed by atoms with E-state index in [-0.39, 0.29) is 170 Å². The first-order valence-electron chi connectivity index (χ1n) is 16.8. The molecule has 0 amide bonds. The number of ether oxygens (including phenoxy) is 1. The molecule has 0 spiro atoms. The van der Waals surface area contributed by atoms with Gasteiger partial charge in [0.1, 0.15) is 16.9 Å². The van der Waals surface area contributed by atoms with Gasteiger partial charge in [0.15, 0.2) is 11.6 Å². The Hall–Kier alpha value is -0.0473. The van der Waals surface area contributed by atoms with Gasteiger partial charge in [-0.05, 0) is 65.7 Å². The quantitative estimate of drug-likeness (QED) is 0.0461. The normalized spacial score (nSPS) is 16.6. The SMILES string of the molecule is CC(=O)OCCn1c(Cl)cnc(NCCC2CCCCN2C)c1=O.CN1CCCCC1CCNc1ncc(Cl)n(CCO)c1=O.CO.O=CO[O-].[H-].[K+].[K+]. The van der Waals surface area contributed by atoms with Crippen LogP contribution in [0.15, 0.2) is 22.0 Å². The Bertz CT molecular complexity index is 1440. The fourth-order valence-electron chi connectivity index (χ4n) is 5.71. The number of nitrogens with zero attached hydrogens (tertiary/aromatic N) is 6. The van der Waals surface area contributed by atoms with Crippen molar-refractivity contribution in [2.75, 3.05) is 71.2 Å².